The molecular weight excluding hydrogens is 422 g/mol. The zero-order valence-corrected chi connectivity index (χ0v) is 17.1. The molecule has 2 rings (SSSR count). The molecule has 2 heterocycles. The van der Waals surface area contributed by atoms with Crippen molar-refractivity contribution in [3.63, 3.8) is 0 Å². The van der Waals surface area contributed by atoms with E-state index in [1.807, 2.05) is 4.98 Å². The molecule has 0 amide bonds. The molecule has 0 aromatic carbocycles. The summed E-state index contributed by atoms with van der Waals surface area (Å²) in [6.45, 7) is 3.85. The normalized spacial score (nSPS) is 25.2. The fraction of sp³-hybridized carbons (Fsp3) is 0.588. The number of nitrogens with zero attached hydrogens (tertiary/aromatic N) is 2. The molecule has 1 aromatic heterocycles. The van der Waals surface area contributed by atoms with Gasteiger partial charge in [0.15, 0.2) is 24.5 Å². The van der Waals surface area contributed by atoms with E-state index >= 15 is 0 Å². The van der Waals surface area contributed by atoms with Crippen LogP contribution < -0.4 is 11.2 Å². The molecule has 14 nitrogen and oxygen atoms in total. The number of aromatic amines is 1. The smallest absolute Gasteiger partial charge is 0.347 e. The van der Waals surface area contributed by atoms with Gasteiger partial charge in [-0.3, -0.25) is 29.0 Å². The highest BCUT2D eigenvalue weighted by Gasteiger charge is 2.53. The zero-order chi connectivity index (χ0) is 23.3. The van der Waals surface area contributed by atoms with Gasteiger partial charge in [0.2, 0.25) is 0 Å². The molecule has 0 saturated carbocycles. The van der Waals surface area contributed by atoms with E-state index in [1.165, 1.54) is 0 Å². The van der Waals surface area contributed by atoms with Crippen LogP contribution in [0.1, 0.15) is 33.9 Å². The van der Waals surface area contributed by atoms with Crippen LogP contribution in [0.15, 0.2) is 15.8 Å². The quantitative estimate of drug-likeness (QED) is 0.385. The number of hydrogen-bond donors (Lipinski definition) is 1. The van der Waals surface area contributed by atoms with Crippen molar-refractivity contribution in [1.82, 2.24) is 14.8 Å². The van der Waals surface area contributed by atoms with Crippen LogP contribution in [0.2, 0.25) is 0 Å². The molecule has 1 N–H and O–H groups in total. The van der Waals surface area contributed by atoms with Gasteiger partial charge in [-0.15, -0.1) is 0 Å². The van der Waals surface area contributed by atoms with Crippen LogP contribution in [0, 0.1) is 0 Å². The van der Waals surface area contributed by atoms with E-state index in [0.717, 1.165) is 33.9 Å². The Hall–Kier alpha value is -3.55. The monoisotopic (exact) mass is 443 g/mol. The Labute approximate surface area is 174 Å². The summed E-state index contributed by atoms with van der Waals surface area (Å²) in [7, 11) is 0. The minimum atomic E-state index is -1.54. The summed E-state index contributed by atoms with van der Waals surface area (Å²) in [6.07, 6.45) is -6.38. The number of rotatable bonds is 6. The summed E-state index contributed by atoms with van der Waals surface area (Å²) in [6, 6.07) is 0. The number of carbonyl (C=O) groups excluding carboxylic acids is 4. The highest BCUT2D eigenvalue weighted by Crippen LogP contribution is 2.33. The van der Waals surface area contributed by atoms with Gasteiger partial charge in [-0.05, 0) is 0 Å². The van der Waals surface area contributed by atoms with E-state index in [4.69, 9.17) is 23.7 Å². The van der Waals surface area contributed by atoms with Crippen molar-refractivity contribution in [1.29, 1.82) is 0 Å². The van der Waals surface area contributed by atoms with Gasteiger partial charge in [-0.1, -0.05) is 0 Å². The predicted molar refractivity (Wildman–Crippen MR) is 96.3 cm³/mol. The van der Waals surface area contributed by atoms with E-state index in [0.29, 0.717) is 4.68 Å². The highest BCUT2D eigenvalue weighted by atomic mass is 16.7. The maximum absolute atomic E-state index is 12.3. The maximum Gasteiger partial charge on any atom is 0.347 e. The molecule has 14 heteroatoms. The van der Waals surface area contributed by atoms with E-state index in [9.17, 15) is 28.8 Å². The Morgan fingerprint density at radius 2 is 1.48 bits per heavy atom. The molecule has 1 aromatic rings. The summed E-state index contributed by atoms with van der Waals surface area (Å²) in [4.78, 5) is 72.0. The van der Waals surface area contributed by atoms with Crippen LogP contribution in [0.5, 0.6) is 0 Å². The van der Waals surface area contributed by atoms with Crippen LogP contribution in [0.4, 0.5) is 0 Å². The molecular formula is C17H21N3O11. The van der Waals surface area contributed by atoms with Gasteiger partial charge in [-0.2, -0.15) is 9.78 Å². The first-order chi connectivity index (χ1) is 14.5. The van der Waals surface area contributed by atoms with Crippen molar-refractivity contribution in [2.24, 2.45) is 0 Å². The second kappa shape index (κ2) is 9.97. The van der Waals surface area contributed by atoms with Crippen LogP contribution in [-0.2, 0) is 42.9 Å². The fourth-order valence-corrected chi connectivity index (χ4v) is 2.95. The largest absolute Gasteiger partial charge is 0.463 e. The van der Waals surface area contributed by atoms with Crippen molar-refractivity contribution in [2.75, 3.05) is 6.61 Å². The minimum Gasteiger partial charge on any atom is -0.463 e. The van der Waals surface area contributed by atoms with E-state index < -0.39 is 72.4 Å². The molecule has 5 atom stereocenters. The first-order valence-electron chi connectivity index (χ1n) is 8.98. The van der Waals surface area contributed by atoms with E-state index in [2.05, 4.69) is 5.10 Å². The standard InChI is InChI=1S/C17H21N3O11/c1-7(21)27-6-11-13(28-8(2)22)14(29-9(3)23)15(30-10(4)24)16(31-11)20-17(26)19-12(25)5-18-20/h5,11,13-16H,6H2,1-4H3,(H,19,25,26)/t11-,13-,14+,15-,16-/m1/s1. The summed E-state index contributed by atoms with van der Waals surface area (Å²) in [5.74, 6) is -3.15. The average Bonchev–Trinajstić information content (AvgIpc) is 2.63. The topological polar surface area (TPSA) is 182 Å². The number of nitrogens with one attached hydrogen (secondary N) is 1. The summed E-state index contributed by atoms with van der Waals surface area (Å²) in [5, 5.41) is 3.68. The summed E-state index contributed by atoms with van der Waals surface area (Å²) >= 11 is 0. The average molecular weight is 443 g/mol. The SMILES string of the molecule is CC(=O)OC[C@H]1O[C@@H](n2ncc(=O)[nH]c2=O)[C@H](OC(C)=O)[C@@H](OC(C)=O)[C@@H]1OC(C)=O. The van der Waals surface area contributed by atoms with Gasteiger partial charge < -0.3 is 23.7 Å². The zero-order valence-electron chi connectivity index (χ0n) is 17.1. The van der Waals surface area contributed by atoms with Gasteiger partial charge in [0, 0.05) is 27.7 Å². The Morgan fingerprint density at radius 3 is 2.00 bits per heavy atom. The van der Waals surface area contributed by atoms with Gasteiger partial charge in [0.1, 0.15) is 18.9 Å². The second-order valence-corrected chi connectivity index (χ2v) is 6.47. The lowest BCUT2D eigenvalue weighted by atomic mass is 9.97. The third-order valence-corrected chi connectivity index (χ3v) is 3.94. The number of ether oxygens (including phenoxy) is 5. The number of carbonyl (C=O) groups is 4. The maximum atomic E-state index is 12.3. The van der Waals surface area contributed by atoms with Crippen molar-refractivity contribution in [3.8, 4) is 0 Å². The van der Waals surface area contributed by atoms with Gasteiger partial charge in [0.05, 0.1) is 0 Å². The van der Waals surface area contributed by atoms with Crippen molar-refractivity contribution in [3.05, 3.63) is 27.0 Å². The predicted octanol–water partition coefficient (Wildman–Crippen LogP) is -1.81. The molecule has 1 aliphatic heterocycles. The van der Waals surface area contributed by atoms with Gasteiger partial charge >= 0.3 is 29.6 Å². The first-order valence-corrected chi connectivity index (χ1v) is 8.98. The Morgan fingerprint density at radius 1 is 0.935 bits per heavy atom. The Bertz CT molecular complexity index is 969. The van der Waals surface area contributed by atoms with Gasteiger partial charge in [-0.25, -0.2) is 4.79 Å². The lowest BCUT2D eigenvalue weighted by molar-refractivity contribution is -0.271. The van der Waals surface area contributed by atoms with Crippen LogP contribution in [0.25, 0.3) is 0 Å². The fourth-order valence-electron chi connectivity index (χ4n) is 2.95. The molecule has 0 spiro atoms. The molecule has 0 radical (unpaired) electrons. The molecule has 0 bridgehead atoms. The third kappa shape index (κ3) is 6.21. The molecule has 31 heavy (non-hydrogen) atoms. The molecule has 1 aliphatic rings. The van der Waals surface area contributed by atoms with Crippen molar-refractivity contribution >= 4 is 23.9 Å². The summed E-state index contributed by atoms with van der Waals surface area (Å²) < 4.78 is 27.0. The second-order valence-electron chi connectivity index (χ2n) is 6.47. The molecule has 1 fully saturated rings. The third-order valence-electron chi connectivity index (χ3n) is 3.94. The molecule has 0 aliphatic carbocycles. The lowest BCUT2D eigenvalue weighted by Gasteiger charge is -2.44. The van der Waals surface area contributed by atoms with E-state index in [1.54, 1.807) is 0 Å². The Balaban J connectivity index is 2.60. The number of hydrogen-bond acceptors (Lipinski definition) is 12. The number of aromatic nitrogens is 3. The highest BCUT2D eigenvalue weighted by molar-refractivity contribution is 5.68. The first kappa shape index (κ1) is 23.7. The number of esters is 4. The molecule has 1 saturated heterocycles. The molecule has 0 unspecified atom stereocenters. The Kier molecular flexibility index (Phi) is 7.63. The van der Waals surface area contributed by atoms with E-state index in [-0.39, 0.29) is 0 Å². The summed E-state index contributed by atoms with van der Waals surface area (Å²) in [5.41, 5.74) is -1.82. The van der Waals surface area contributed by atoms with Crippen LogP contribution in [-0.4, -0.2) is 69.7 Å². The lowest BCUT2D eigenvalue weighted by Crippen LogP contribution is -2.62. The molecule has 170 valence electrons. The minimum absolute atomic E-state index is 0.466. The van der Waals surface area contributed by atoms with Crippen LogP contribution >= 0.6 is 0 Å². The van der Waals surface area contributed by atoms with Crippen molar-refractivity contribution in [2.45, 2.75) is 58.3 Å². The van der Waals surface area contributed by atoms with Crippen molar-refractivity contribution < 1.29 is 42.9 Å². The number of H-pyrrole nitrogens is 1. The van der Waals surface area contributed by atoms with Gasteiger partial charge in [0.25, 0.3) is 5.56 Å². The van der Waals surface area contributed by atoms with Crippen LogP contribution in [0.3, 0.4) is 0 Å².